The zero-order valence-corrected chi connectivity index (χ0v) is 19.1. The highest BCUT2D eigenvalue weighted by molar-refractivity contribution is 6.39. The molecule has 1 saturated heterocycles. The first-order valence-corrected chi connectivity index (χ1v) is 11.2. The largest absolute Gasteiger partial charge is 0.379 e. The number of carbonyl (C=O) groups excluding carboxylic acids is 2. The Labute approximate surface area is 189 Å². The van der Waals surface area contributed by atoms with Gasteiger partial charge in [0.15, 0.2) is 0 Å². The molecule has 0 aliphatic carbocycles. The monoisotopic (exact) mass is 436 g/mol. The minimum Gasteiger partial charge on any atom is -0.379 e. The maximum Gasteiger partial charge on any atom is 0.313 e. The van der Waals surface area contributed by atoms with E-state index in [9.17, 15) is 9.59 Å². The topological polar surface area (TPSA) is 73.9 Å². The van der Waals surface area contributed by atoms with Crippen LogP contribution < -0.4 is 15.5 Å². The van der Waals surface area contributed by atoms with Crippen LogP contribution in [0.2, 0.25) is 0 Å². The number of hydrogen-bond acceptors (Lipinski definition) is 5. The van der Waals surface area contributed by atoms with Crippen molar-refractivity contribution in [2.45, 2.75) is 26.3 Å². The van der Waals surface area contributed by atoms with Crippen molar-refractivity contribution in [2.75, 3.05) is 56.7 Å². The Morgan fingerprint density at radius 1 is 1.03 bits per heavy atom. The summed E-state index contributed by atoms with van der Waals surface area (Å²) < 4.78 is 5.53. The normalized spacial score (nSPS) is 17.0. The first kappa shape index (κ1) is 22.3. The number of carbonyl (C=O) groups is 2. The van der Waals surface area contributed by atoms with Gasteiger partial charge in [-0.2, -0.15) is 0 Å². The van der Waals surface area contributed by atoms with Crippen molar-refractivity contribution < 1.29 is 14.3 Å². The fourth-order valence-electron chi connectivity index (χ4n) is 4.59. The number of likely N-dealkylation sites (N-methyl/N-ethyl adjacent to an activating group) is 1. The van der Waals surface area contributed by atoms with Crippen LogP contribution in [-0.4, -0.2) is 63.2 Å². The van der Waals surface area contributed by atoms with Gasteiger partial charge in [0.2, 0.25) is 0 Å². The van der Waals surface area contributed by atoms with Crippen molar-refractivity contribution in [1.29, 1.82) is 0 Å². The number of ether oxygens (including phenoxy) is 1. The van der Waals surface area contributed by atoms with Crippen LogP contribution in [0, 0.1) is 13.8 Å². The molecule has 1 unspecified atom stereocenters. The fraction of sp³-hybridized carbons (Fsp3) is 0.440. The van der Waals surface area contributed by atoms with E-state index in [4.69, 9.17) is 4.74 Å². The Morgan fingerprint density at radius 2 is 1.75 bits per heavy atom. The second-order valence-corrected chi connectivity index (χ2v) is 8.65. The van der Waals surface area contributed by atoms with E-state index >= 15 is 0 Å². The third-order valence-electron chi connectivity index (χ3n) is 6.48. The zero-order valence-electron chi connectivity index (χ0n) is 19.1. The number of morpholine rings is 1. The van der Waals surface area contributed by atoms with Gasteiger partial charge in [0.05, 0.1) is 19.3 Å². The summed E-state index contributed by atoms with van der Waals surface area (Å²) in [5.41, 5.74) is 6.33. The van der Waals surface area contributed by atoms with Gasteiger partial charge in [-0.05, 0) is 48.6 Å². The van der Waals surface area contributed by atoms with Gasteiger partial charge >= 0.3 is 11.8 Å². The number of benzene rings is 2. The molecule has 170 valence electrons. The van der Waals surface area contributed by atoms with Gasteiger partial charge in [-0.3, -0.25) is 14.5 Å². The minimum atomic E-state index is -0.640. The summed E-state index contributed by atoms with van der Waals surface area (Å²) in [6.07, 6.45) is 1.03. The van der Waals surface area contributed by atoms with Crippen LogP contribution in [-0.2, 0) is 20.7 Å². The molecule has 2 N–H and O–H groups in total. The van der Waals surface area contributed by atoms with Gasteiger partial charge in [-0.25, -0.2) is 0 Å². The number of rotatable bonds is 5. The van der Waals surface area contributed by atoms with Crippen molar-refractivity contribution in [2.24, 2.45) is 0 Å². The number of nitrogens with zero attached hydrogens (tertiary/aromatic N) is 2. The average Bonchev–Trinajstić information content (AvgIpc) is 3.17. The summed E-state index contributed by atoms with van der Waals surface area (Å²) in [7, 11) is 2.11. The highest BCUT2D eigenvalue weighted by atomic mass is 16.5. The van der Waals surface area contributed by atoms with Crippen LogP contribution in [0.1, 0.15) is 28.3 Å². The number of para-hydroxylation sites is 1. The number of hydrogen-bond donors (Lipinski definition) is 2. The molecule has 2 aliphatic rings. The van der Waals surface area contributed by atoms with Crippen molar-refractivity contribution in [1.82, 2.24) is 10.2 Å². The number of anilines is 2. The molecule has 2 amide bonds. The molecule has 32 heavy (non-hydrogen) atoms. The molecule has 0 bridgehead atoms. The van der Waals surface area contributed by atoms with E-state index in [0.717, 1.165) is 42.7 Å². The second-order valence-electron chi connectivity index (χ2n) is 8.65. The molecular formula is C25H32N4O3. The van der Waals surface area contributed by atoms with Gasteiger partial charge in [0, 0.05) is 44.6 Å². The second kappa shape index (κ2) is 9.71. The molecule has 0 spiro atoms. The fourth-order valence-corrected chi connectivity index (χ4v) is 4.59. The predicted molar refractivity (Wildman–Crippen MR) is 126 cm³/mol. The Kier molecular flexibility index (Phi) is 6.77. The van der Waals surface area contributed by atoms with Gasteiger partial charge in [0.25, 0.3) is 0 Å². The van der Waals surface area contributed by atoms with E-state index in [2.05, 4.69) is 45.7 Å². The molecule has 1 atom stereocenters. The van der Waals surface area contributed by atoms with Crippen molar-refractivity contribution in [3.63, 3.8) is 0 Å². The molecule has 4 rings (SSSR count). The van der Waals surface area contributed by atoms with E-state index in [1.807, 2.05) is 32.0 Å². The summed E-state index contributed by atoms with van der Waals surface area (Å²) in [5, 5.41) is 5.64. The summed E-state index contributed by atoms with van der Waals surface area (Å²) in [6, 6.07) is 12.3. The molecule has 2 aliphatic heterocycles. The van der Waals surface area contributed by atoms with Crippen LogP contribution >= 0.6 is 0 Å². The first-order chi connectivity index (χ1) is 15.4. The third-order valence-corrected chi connectivity index (χ3v) is 6.48. The lowest BCUT2D eigenvalue weighted by Crippen LogP contribution is -2.45. The van der Waals surface area contributed by atoms with E-state index in [0.29, 0.717) is 25.4 Å². The summed E-state index contributed by atoms with van der Waals surface area (Å²) in [5.74, 6) is -1.26. The van der Waals surface area contributed by atoms with Crippen molar-refractivity contribution >= 4 is 23.2 Å². The Bertz CT molecular complexity index is 980. The predicted octanol–water partition coefficient (Wildman–Crippen LogP) is 2.42. The molecule has 0 aromatic heterocycles. The molecular weight excluding hydrogens is 404 g/mol. The number of amides is 2. The van der Waals surface area contributed by atoms with E-state index in [1.165, 1.54) is 11.3 Å². The molecule has 2 aromatic rings. The minimum absolute atomic E-state index is 0.00736. The lowest BCUT2D eigenvalue weighted by Gasteiger charge is -2.35. The standard InChI is InChI=1S/C25H32N4O3/c1-17-5-4-6-18(2)23(17)27-25(31)24(30)26-16-22(29-11-13-32-14-12-29)19-7-8-21-20(15-19)9-10-28(21)3/h4-8,15,22H,9-14,16H2,1-3H3,(H,26,30)(H,27,31). The van der Waals surface area contributed by atoms with Crippen LogP contribution in [0.3, 0.4) is 0 Å². The van der Waals surface area contributed by atoms with E-state index in [1.54, 1.807) is 0 Å². The smallest absolute Gasteiger partial charge is 0.313 e. The van der Waals surface area contributed by atoms with E-state index in [-0.39, 0.29) is 6.04 Å². The Morgan fingerprint density at radius 3 is 2.47 bits per heavy atom. The quantitative estimate of drug-likeness (QED) is 0.705. The van der Waals surface area contributed by atoms with Crippen molar-refractivity contribution in [3.05, 3.63) is 58.7 Å². The summed E-state index contributed by atoms with van der Waals surface area (Å²) >= 11 is 0. The van der Waals surface area contributed by atoms with Crippen LogP contribution in [0.15, 0.2) is 36.4 Å². The first-order valence-electron chi connectivity index (χ1n) is 11.2. The van der Waals surface area contributed by atoms with Crippen molar-refractivity contribution in [3.8, 4) is 0 Å². The number of nitrogens with one attached hydrogen (secondary N) is 2. The molecule has 0 saturated carbocycles. The average molecular weight is 437 g/mol. The lowest BCUT2D eigenvalue weighted by atomic mass is 10.0. The van der Waals surface area contributed by atoms with Gasteiger partial charge in [0.1, 0.15) is 0 Å². The summed E-state index contributed by atoms with van der Waals surface area (Å²) in [6.45, 7) is 8.17. The molecule has 2 heterocycles. The SMILES string of the molecule is Cc1cccc(C)c1NC(=O)C(=O)NCC(c1ccc2c(c1)CCN2C)N1CCOCC1. The van der Waals surface area contributed by atoms with Gasteiger partial charge < -0.3 is 20.3 Å². The molecule has 7 heteroatoms. The number of fused-ring (bicyclic) bond motifs is 1. The molecule has 0 radical (unpaired) electrons. The third kappa shape index (κ3) is 4.79. The molecule has 2 aromatic carbocycles. The maximum absolute atomic E-state index is 12.6. The van der Waals surface area contributed by atoms with Gasteiger partial charge in [-0.15, -0.1) is 0 Å². The molecule has 7 nitrogen and oxygen atoms in total. The van der Waals surface area contributed by atoms with Crippen LogP contribution in [0.4, 0.5) is 11.4 Å². The maximum atomic E-state index is 12.6. The number of aryl methyl sites for hydroxylation is 2. The zero-order chi connectivity index (χ0) is 22.7. The highest BCUT2D eigenvalue weighted by Crippen LogP contribution is 2.31. The lowest BCUT2D eigenvalue weighted by molar-refractivity contribution is -0.136. The van der Waals surface area contributed by atoms with Gasteiger partial charge in [-0.1, -0.05) is 30.3 Å². The highest BCUT2D eigenvalue weighted by Gasteiger charge is 2.26. The van der Waals surface area contributed by atoms with E-state index < -0.39 is 11.8 Å². The Balaban J connectivity index is 1.47. The Hall–Kier alpha value is -2.90. The summed E-state index contributed by atoms with van der Waals surface area (Å²) in [4.78, 5) is 29.8. The van der Waals surface area contributed by atoms with Crippen LogP contribution in [0.25, 0.3) is 0 Å². The molecule has 1 fully saturated rings. The van der Waals surface area contributed by atoms with Crippen LogP contribution in [0.5, 0.6) is 0 Å².